The smallest absolute Gasteiger partial charge is 0.247 e. The normalized spacial score (nSPS) is 11.5. The van der Waals surface area contributed by atoms with Gasteiger partial charge in [-0.15, -0.1) is 0 Å². The standard InChI is InChI=1S/C22H28N2O3/c1-4-9-20(25)24(16-17-12-14-19(27-3)15-13-17)21(22(26)23-5-2)18-10-7-6-8-11-18/h6-8,10-15,21H,4-5,9,16H2,1-3H3,(H,23,26). The van der Waals surface area contributed by atoms with Crippen molar-refractivity contribution in [3.05, 3.63) is 65.7 Å². The second-order valence-corrected chi connectivity index (χ2v) is 6.33. The summed E-state index contributed by atoms with van der Waals surface area (Å²) >= 11 is 0. The molecule has 2 aromatic rings. The molecule has 0 aliphatic heterocycles. The summed E-state index contributed by atoms with van der Waals surface area (Å²) in [4.78, 5) is 27.4. The average Bonchev–Trinajstić information content (AvgIpc) is 2.69. The summed E-state index contributed by atoms with van der Waals surface area (Å²) in [6.45, 7) is 4.72. The SMILES string of the molecule is CCCC(=O)N(Cc1ccc(OC)cc1)C(C(=O)NCC)c1ccccc1. The van der Waals surface area contributed by atoms with Crippen LogP contribution in [-0.4, -0.2) is 30.4 Å². The number of nitrogens with one attached hydrogen (secondary N) is 1. The largest absolute Gasteiger partial charge is 0.497 e. The monoisotopic (exact) mass is 368 g/mol. The maximum Gasteiger partial charge on any atom is 0.247 e. The summed E-state index contributed by atoms with van der Waals surface area (Å²) in [5.41, 5.74) is 1.76. The van der Waals surface area contributed by atoms with Crippen LogP contribution in [0, 0.1) is 0 Å². The highest BCUT2D eigenvalue weighted by Gasteiger charge is 2.30. The molecule has 27 heavy (non-hydrogen) atoms. The van der Waals surface area contributed by atoms with Gasteiger partial charge in [0.25, 0.3) is 0 Å². The topological polar surface area (TPSA) is 58.6 Å². The van der Waals surface area contributed by atoms with Crippen molar-refractivity contribution >= 4 is 11.8 Å². The second-order valence-electron chi connectivity index (χ2n) is 6.33. The molecule has 1 N–H and O–H groups in total. The molecule has 5 nitrogen and oxygen atoms in total. The molecule has 0 heterocycles. The number of amides is 2. The lowest BCUT2D eigenvalue weighted by Gasteiger charge is -2.31. The zero-order valence-corrected chi connectivity index (χ0v) is 16.3. The van der Waals surface area contributed by atoms with Gasteiger partial charge in [0.05, 0.1) is 7.11 Å². The number of ether oxygens (including phenoxy) is 1. The van der Waals surface area contributed by atoms with Crippen LogP contribution >= 0.6 is 0 Å². The van der Waals surface area contributed by atoms with Gasteiger partial charge < -0.3 is 15.0 Å². The van der Waals surface area contributed by atoms with E-state index >= 15 is 0 Å². The predicted octanol–water partition coefficient (Wildman–Crippen LogP) is 3.70. The fourth-order valence-electron chi connectivity index (χ4n) is 2.99. The van der Waals surface area contributed by atoms with Crippen molar-refractivity contribution in [1.29, 1.82) is 0 Å². The van der Waals surface area contributed by atoms with E-state index < -0.39 is 6.04 Å². The Morgan fingerprint density at radius 1 is 1.04 bits per heavy atom. The van der Waals surface area contributed by atoms with E-state index in [4.69, 9.17) is 4.74 Å². The number of benzene rings is 2. The van der Waals surface area contributed by atoms with E-state index in [0.29, 0.717) is 19.5 Å². The van der Waals surface area contributed by atoms with Crippen molar-refractivity contribution in [2.24, 2.45) is 0 Å². The summed E-state index contributed by atoms with van der Waals surface area (Å²) in [5.74, 6) is 0.559. The van der Waals surface area contributed by atoms with Crippen molar-refractivity contribution in [2.45, 2.75) is 39.3 Å². The highest BCUT2D eigenvalue weighted by Crippen LogP contribution is 2.25. The lowest BCUT2D eigenvalue weighted by molar-refractivity contribution is -0.141. The maximum atomic E-state index is 12.9. The van der Waals surface area contributed by atoms with Gasteiger partial charge in [0.1, 0.15) is 11.8 Å². The third kappa shape index (κ3) is 5.58. The fraction of sp³-hybridized carbons (Fsp3) is 0.364. The molecule has 1 atom stereocenters. The lowest BCUT2D eigenvalue weighted by Crippen LogP contribution is -2.43. The van der Waals surface area contributed by atoms with Crippen molar-refractivity contribution in [1.82, 2.24) is 10.2 Å². The summed E-state index contributed by atoms with van der Waals surface area (Å²) in [7, 11) is 1.62. The van der Waals surface area contributed by atoms with Gasteiger partial charge in [-0.1, -0.05) is 49.4 Å². The van der Waals surface area contributed by atoms with E-state index in [2.05, 4.69) is 5.32 Å². The van der Waals surface area contributed by atoms with Crippen molar-refractivity contribution < 1.29 is 14.3 Å². The maximum absolute atomic E-state index is 12.9. The number of nitrogens with zero attached hydrogens (tertiary/aromatic N) is 1. The quantitative estimate of drug-likeness (QED) is 0.734. The van der Waals surface area contributed by atoms with Crippen LogP contribution in [0.15, 0.2) is 54.6 Å². The number of likely N-dealkylation sites (N-methyl/N-ethyl adjacent to an activating group) is 1. The summed E-state index contributed by atoms with van der Waals surface area (Å²) in [6, 6.07) is 16.4. The molecule has 2 rings (SSSR count). The van der Waals surface area contributed by atoms with Gasteiger partial charge in [-0.3, -0.25) is 9.59 Å². The number of carbonyl (C=O) groups excluding carboxylic acids is 2. The molecule has 0 saturated carbocycles. The highest BCUT2D eigenvalue weighted by molar-refractivity contribution is 5.88. The van der Waals surface area contributed by atoms with Crippen LogP contribution in [0.3, 0.4) is 0 Å². The first-order valence-corrected chi connectivity index (χ1v) is 9.35. The van der Waals surface area contributed by atoms with Crippen LogP contribution < -0.4 is 10.1 Å². The first-order valence-electron chi connectivity index (χ1n) is 9.35. The molecule has 0 radical (unpaired) electrons. The number of hydrogen-bond acceptors (Lipinski definition) is 3. The van der Waals surface area contributed by atoms with Crippen LogP contribution in [0.2, 0.25) is 0 Å². The summed E-state index contributed by atoms with van der Waals surface area (Å²) < 4.78 is 5.20. The molecule has 0 aromatic heterocycles. The van der Waals surface area contributed by atoms with Crippen LogP contribution in [-0.2, 0) is 16.1 Å². The molecular formula is C22H28N2O3. The van der Waals surface area contributed by atoms with E-state index in [1.54, 1.807) is 12.0 Å². The van der Waals surface area contributed by atoms with E-state index in [-0.39, 0.29) is 11.8 Å². The van der Waals surface area contributed by atoms with Crippen LogP contribution in [0.5, 0.6) is 5.75 Å². The molecule has 2 amide bonds. The molecule has 0 aliphatic rings. The first kappa shape index (κ1) is 20.5. The van der Waals surface area contributed by atoms with Gasteiger partial charge >= 0.3 is 0 Å². The summed E-state index contributed by atoms with van der Waals surface area (Å²) in [5, 5.41) is 2.87. The van der Waals surface area contributed by atoms with E-state index in [9.17, 15) is 9.59 Å². The van der Waals surface area contributed by atoms with E-state index in [0.717, 1.165) is 23.3 Å². The van der Waals surface area contributed by atoms with Gasteiger partial charge in [0.2, 0.25) is 11.8 Å². The predicted molar refractivity (Wildman–Crippen MR) is 106 cm³/mol. The van der Waals surface area contributed by atoms with E-state index in [1.165, 1.54) is 0 Å². The fourth-order valence-corrected chi connectivity index (χ4v) is 2.99. The van der Waals surface area contributed by atoms with Gasteiger partial charge in [-0.2, -0.15) is 0 Å². The van der Waals surface area contributed by atoms with Crippen LogP contribution in [0.1, 0.15) is 43.9 Å². The third-order valence-electron chi connectivity index (χ3n) is 4.32. The minimum Gasteiger partial charge on any atom is -0.497 e. The molecule has 1 unspecified atom stereocenters. The molecule has 2 aromatic carbocycles. The second kappa shape index (κ2) is 10.4. The molecule has 0 aliphatic carbocycles. The van der Waals surface area contributed by atoms with Crippen molar-refractivity contribution in [2.75, 3.05) is 13.7 Å². The van der Waals surface area contributed by atoms with E-state index in [1.807, 2.05) is 68.4 Å². The Hall–Kier alpha value is -2.82. The number of carbonyl (C=O) groups is 2. The molecule has 0 saturated heterocycles. The van der Waals surface area contributed by atoms with Gasteiger partial charge in [0, 0.05) is 19.5 Å². The lowest BCUT2D eigenvalue weighted by atomic mass is 10.0. The Kier molecular flexibility index (Phi) is 7.86. The molecule has 5 heteroatoms. The Balaban J connectivity index is 2.39. The highest BCUT2D eigenvalue weighted by atomic mass is 16.5. The molecule has 0 bridgehead atoms. The number of hydrogen-bond donors (Lipinski definition) is 1. The van der Waals surface area contributed by atoms with Crippen LogP contribution in [0.4, 0.5) is 0 Å². The zero-order valence-electron chi connectivity index (χ0n) is 16.3. The first-order chi connectivity index (χ1) is 13.1. The zero-order chi connectivity index (χ0) is 19.6. The minimum atomic E-state index is -0.660. The van der Waals surface area contributed by atoms with Crippen LogP contribution in [0.25, 0.3) is 0 Å². The van der Waals surface area contributed by atoms with Gasteiger partial charge in [-0.25, -0.2) is 0 Å². The van der Waals surface area contributed by atoms with Gasteiger partial charge in [0.15, 0.2) is 0 Å². The molecular weight excluding hydrogens is 340 g/mol. The van der Waals surface area contributed by atoms with Gasteiger partial charge in [-0.05, 0) is 36.6 Å². The van der Waals surface area contributed by atoms with Crippen molar-refractivity contribution in [3.63, 3.8) is 0 Å². The Morgan fingerprint density at radius 3 is 2.26 bits per heavy atom. The van der Waals surface area contributed by atoms with Crippen molar-refractivity contribution in [3.8, 4) is 5.75 Å². The molecule has 144 valence electrons. The Labute approximate surface area is 161 Å². The molecule has 0 fully saturated rings. The minimum absolute atomic E-state index is 0.0339. The third-order valence-corrected chi connectivity index (χ3v) is 4.32. The summed E-state index contributed by atoms with van der Waals surface area (Å²) in [6.07, 6.45) is 1.13. The number of methoxy groups -OCH3 is 1. The average molecular weight is 368 g/mol. The molecule has 0 spiro atoms. The Bertz CT molecular complexity index is 729. The number of rotatable bonds is 9. The Morgan fingerprint density at radius 2 is 1.70 bits per heavy atom.